The molecule has 5 heteroatoms. The first-order valence-electron chi connectivity index (χ1n) is 10.2. The van der Waals surface area contributed by atoms with Crippen molar-refractivity contribution in [3.8, 4) is 0 Å². The molecular formula is C23H29ClN4. The largest absolute Gasteiger partial charge is 0.354 e. The molecule has 1 aliphatic carbocycles. The number of hydrogen-bond donors (Lipinski definition) is 2. The molecule has 2 atom stereocenters. The highest BCUT2D eigenvalue weighted by Gasteiger charge is 2.39. The van der Waals surface area contributed by atoms with Gasteiger partial charge in [0, 0.05) is 49.7 Å². The predicted molar refractivity (Wildman–Crippen MR) is 117 cm³/mol. The van der Waals surface area contributed by atoms with E-state index in [0.29, 0.717) is 18.0 Å². The summed E-state index contributed by atoms with van der Waals surface area (Å²) in [5.74, 6) is 1.56. The zero-order valence-corrected chi connectivity index (χ0v) is 17.2. The van der Waals surface area contributed by atoms with Crippen molar-refractivity contribution in [2.45, 2.75) is 43.8 Å². The number of nitrogens with zero attached hydrogens (tertiary/aromatic N) is 2. The van der Waals surface area contributed by atoms with E-state index in [-0.39, 0.29) is 0 Å². The summed E-state index contributed by atoms with van der Waals surface area (Å²) in [5, 5.41) is 8.04. The first kappa shape index (κ1) is 19.3. The Kier molecular flexibility index (Phi) is 6.18. The van der Waals surface area contributed by atoms with E-state index in [2.05, 4.69) is 63.0 Å². The molecule has 2 unspecified atom stereocenters. The lowest BCUT2D eigenvalue weighted by Crippen LogP contribution is -2.49. The van der Waals surface area contributed by atoms with E-state index in [1.165, 1.54) is 17.5 Å². The Balaban J connectivity index is 1.21. The molecule has 2 aromatic rings. The highest BCUT2D eigenvalue weighted by molar-refractivity contribution is 6.30. The molecule has 28 heavy (non-hydrogen) atoms. The van der Waals surface area contributed by atoms with Crippen LogP contribution in [-0.4, -0.2) is 43.1 Å². The van der Waals surface area contributed by atoms with E-state index >= 15 is 0 Å². The van der Waals surface area contributed by atoms with Crippen molar-refractivity contribution in [3.63, 3.8) is 0 Å². The fourth-order valence-electron chi connectivity index (χ4n) is 4.05. The quantitative estimate of drug-likeness (QED) is 0.592. The molecule has 1 saturated heterocycles. The van der Waals surface area contributed by atoms with Crippen LogP contribution in [0, 0.1) is 0 Å². The zero-order valence-electron chi connectivity index (χ0n) is 16.4. The summed E-state index contributed by atoms with van der Waals surface area (Å²) in [7, 11) is 1.87. The lowest BCUT2D eigenvalue weighted by molar-refractivity contribution is 0.198. The number of aliphatic imine (C=N–C) groups is 1. The number of halogens is 1. The average Bonchev–Trinajstić information content (AvgIpc) is 3.50. The Hall–Kier alpha value is -2.04. The van der Waals surface area contributed by atoms with Gasteiger partial charge in [0.1, 0.15) is 0 Å². The maximum absolute atomic E-state index is 5.98. The van der Waals surface area contributed by atoms with E-state index in [1.54, 1.807) is 0 Å². The molecule has 1 aliphatic heterocycles. The lowest BCUT2D eigenvalue weighted by atomic mass is 10.0. The first-order chi connectivity index (χ1) is 13.7. The third kappa shape index (κ3) is 5.06. The second-order valence-corrected chi connectivity index (χ2v) is 8.33. The molecule has 1 saturated carbocycles. The summed E-state index contributed by atoms with van der Waals surface area (Å²) in [6, 6.07) is 19.9. The Labute approximate surface area is 173 Å². The molecule has 2 aliphatic rings. The van der Waals surface area contributed by atoms with Crippen LogP contribution < -0.4 is 10.6 Å². The molecule has 0 radical (unpaired) electrons. The molecule has 1 heterocycles. The fraction of sp³-hybridized carbons (Fsp3) is 0.435. The molecule has 2 fully saturated rings. The summed E-state index contributed by atoms with van der Waals surface area (Å²) in [5.41, 5.74) is 2.75. The van der Waals surface area contributed by atoms with Crippen LogP contribution in [0.15, 0.2) is 59.6 Å². The topological polar surface area (TPSA) is 39.7 Å². The summed E-state index contributed by atoms with van der Waals surface area (Å²) in [6.45, 7) is 3.21. The molecule has 0 spiro atoms. The molecular weight excluding hydrogens is 368 g/mol. The molecule has 0 amide bonds. The van der Waals surface area contributed by atoms with Crippen molar-refractivity contribution >= 4 is 17.6 Å². The van der Waals surface area contributed by atoms with Gasteiger partial charge in [-0.15, -0.1) is 0 Å². The van der Waals surface area contributed by atoms with Gasteiger partial charge in [0.25, 0.3) is 0 Å². The van der Waals surface area contributed by atoms with Gasteiger partial charge in [0.2, 0.25) is 0 Å². The van der Waals surface area contributed by atoms with E-state index in [0.717, 1.165) is 43.5 Å². The van der Waals surface area contributed by atoms with Gasteiger partial charge in [-0.25, -0.2) is 0 Å². The Bertz CT molecular complexity index is 782. The Morgan fingerprint density at radius 2 is 1.75 bits per heavy atom. The minimum absolute atomic E-state index is 0.488. The van der Waals surface area contributed by atoms with Crippen LogP contribution in [-0.2, 0) is 6.54 Å². The summed E-state index contributed by atoms with van der Waals surface area (Å²) < 4.78 is 0. The standard InChI is InChI=1S/C23H29ClN4/c1-25-23(27-22-15-21(22)18-5-3-2-4-6-18)26-20-11-13-28(14-12-20)16-17-7-9-19(24)10-8-17/h2-10,20-22H,11-16H2,1H3,(H2,25,26,27). The maximum atomic E-state index is 5.98. The second-order valence-electron chi connectivity index (χ2n) is 7.90. The van der Waals surface area contributed by atoms with Crippen molar-refractivity contribution < 1.29 is 0 Å². The van der Waals surface area contributed by atoms with Gasteiger partial charge in [-0.05, 0) is 42.5 Å². The minimum Gasteiger partial charge on any atom is -0.354 e. The van der Waals surface area contributed by atoms with Gasteiger partial charge < -0.3 is 10.6 Å². The van der Waals surface area contributed by atoms with Gasteiger partial charge in [-0.1, -0.05) is 54.1 Å². The van der Waals surface area contributed by atoms with E-state index < -0.39 is 0 Å². The molecule has 4 nitrogen and oxygen atoms in total. The number of guanidine groups is 1. The van der Waals surface area contributed by atoms with Crippen molar-refractivity contribution in [1.29, 1.82) is 0 Å². The third-order valence-electron chi connectivity index (χ3n) is 5.81. The van der Waals surface area contributed by atoms with Gasteiger partial charge >= 0.3 is 0 Å². The smallest absolute Gasteiger partial charge is 0.191 e. The Morgan fingerprint density at radius 1 is 1.04 bits per heavy atom. The monoisotopic (exact) mass is 396 g/mol. The van der Waals surface area contributed by atoms with Gasteiger partial charge in [0.15, 0.2) is 5.96 Å². The number of benzene rings is 2. The summed E-state index contributed by atoms with van der Waals surface area (Å²) in [6.07, 6.45) is 3.46. The van der Waals surface area contributed by atoms with Crippen LogP contribution in [0.1, 0.15) is 36.3 Å². The normalized spacial score (nSPS) is 23.4. The van der Waals surface area contributed by atoms with Crippen molar-refractivity contribution in [1.82, 2.24) is 15.5 Å². The number of nitrogens with one attached hydrogen (secondary N) is 2. The predicted octanol–water partition coefficient (Wildman–Crippen LogP) is 4.03. The number of likely N-dealkylation sites (tertiary alicyclic amines) is 1. The first-order valence-corrected chi connectivity index (χ1v) is 10.6. The fourth-order valence-corrected chi connectivity index (χ4v) is 4.17. The highest BCUT2D eigenvalue weighted by Crippen LogP contribution is 2.40. The van der Waals surface area contributed by atoms with Crippen molar-refractivity contribution in [3.05, 3.63) is 70.7 Å². The van der Waals surface area contributed by atoms with Crippen LogP contribution in [0.2, 0.25) is 5.02 Å². The number of piperidine rings is 1. The molecule has 148 valence electrons. The average molecular weight is 397 g/mol. The Morgan fingerprint density at radius 3 is 2.43 bits per heavy atom. The maximum Gasteiger partial charge on any atom is 0.191 e. The van der Waals surface area contributed by atoms with Crippen LogP contribution >= 0.6 is 11.6 Å². The molecule has 0 bridgehead atoms. The van der Waals surface area contributed by atoms with Crippen LogP contribution in [0.3, 0.4) is 0 Å². The van der Waals surface area contributed by atoms with Gasteiger partial charge in [0.05, 0.1) is 0 Å². The van der Waals surface area contributed by atoms with E-state index in [9.17, 15) is 0 Å². The van der Waals surface area contributed by atoms with E-state index in [4.69, 9.17) is 11.6 Å². The SMILES string of the molecule is CN=C(NC1CCN(Cc2ccc(Cl)cc2)CC1)NC1CC1c1ccccc1. The zero-order chi connectivity index (χ0) is 19.3. The lowest BCUT2D eigenvalue weighted by Gasteiger charge is -2.33. The van der Waals surface area contributed by atoms with Gasteiger partial charge in [-0.3, -0.25) is 9.89 Å². The molecule has 4 rings (SSSR count). The van der Waals surface area contributed by atoms with Crippen molar-refractivity contribution in [2.75, 3.05) is 20.1 Å². The van der Waals surface area contributed by atoms with Crippen LogP contribution in [0.5, 0.6) is 0 Å². The molecule has 2 aromatic carbocycles. The second kappa shape index (κ2) is 8.97. The van der Waals surface area contributed by atoms with Crippen molar-refractivity contribution in [2.24, 2.45) is 4.99 Å². The van der Waals surface area contributed by atoms with Crippen LogP contribution in [0.4, 0.5) is 0 Å². The summed E-state index contributed by atoms with van der Waals surface area (Å²) in [4.78, 5) is 6.97. The third-order valence-corrected chi connectivity index (χ3v) is 6.06. The molecule has 2 N–H and O–H groups in total. The number of hydrogen-bond acceptors (Lipinski definition) is 2. The summed E-state index contributed by atoms with van der Waals surface area (Å²) >= 11 is 5.98. The molecule has 0 aromatic heterocycles. The van der Waals surface area contributed by atoms with Gasteiger partial charge in [-0.2, -0.15) is 0 Å². The number of rotatable bonds is 5. The van der Waals surface area contributed by atoms with Crippen LogP contribution in [0.25, 0.3) is 0 Å². The highest BCUT2D eigenvalue weighted by atomic mass is 35.5. The van der Waals surface area contributed by atoms with E-state index in [1.807, 2.05) is 19.2 Å². The minimum atomic E-state index is 0.488.